The van der Waals surface area contributed by atoms with Crippen molar-refractivity contribution in [3.05, 3.63) is 0 Å². The number of hydrogen-bond acceptors (Lipinski definition) is 8. The third-order valence-electron chi connectivity index (χ3n) is 5.18. The van der Waals surface area contributed by atoms with E-state index in [1.165, 1.54) is 4.90 Å². The van der Waals surface area contributed by atoms with Crippen molar-refractivity contribution in [2.24, 2.45) is 5.41 Å². The molecule has 2 atom stereocenters. The van der Waals surface area contributed by atoms with Crippen molar-refractivity contribution in [2.45, 2.75) is 57.7 Å². The van der Waals surface area contributed by atoms with Gasteiger partial charge in [0.1, 0.15) is 11.6 Å². The molecule has 170 valence electrons. The highest BCUT2D eigenvalue weighted by Crippen LogP contribution is 2.59. The van der Waals surface area contributed by atoms with Gasteiger partial charge in [0.15, 0.2) is 0 Å². The Bertz CT molecular complexity index is 821. The minimum absolute atomic E-state index is 0.0303. The third kappa shape index (κ3) is 5.11. The van der Waals surface area contributed by atoms with Gasteiger partial charge in [0.05, 0.1) is 12.6 Å². The molecular weight excluding hydrogens is 424 g/mol. The van der Waals surface area contributed by atoms with Crippen molar-refractivity contribution >= 4 is 28.4 Å². The van der Waals surface area contributed by atoms with Crippen LogP contribution in [0, 0.1) is 5.41 Å². The lowest BCUT2D eigenvalue weighted by Crippen LogP contribution is -2.53. The molecule has 1 saturated carbocycles. The maximum atomic E-state index is 12.6. The van der Waals surface area contributed by atoms with E-state index in [0.717, 1.165) is 0 Å². The Morgan fingerprint density at radius 1 is 1.30 bits per heavy atom. The van der Waals surface area contributed by atoms with E-state index in [2.05, 4.69) is 15.1 Å². The van der Waals surface area contributed by atoms with Crippen LogP contribution in [-0.2, 0) is 29.1 Å². The van der Waals surface area contributed by atoms with E-state index in [9.17, 15) is 22.8 Å². The van der Waals surface area contributed by atoms with E-state index in [0.29, 0.717) is 24.3 Å². The van der Waals surface area contributed by atoms with Crippen LogP contribution in [0.3, 0.4) is 0 Å². The number of rotatable bonds is 7. The van der Waals surface area contributed by atoms with Crippen molar-refractivity contribution in [1.82, 2.24) is 20.8 Å². The second-order valence-electron chi connectivity index (χ2n) is 8.60. The fourth-order valence-electron chi connectivity index (χ4n) is 3.76. The quantitative estimate of drug-likeness (QED) is 0.274. The van der Waals surface area contributed by atoms with Gasteiger partial charge in [0.25, 0.3) is 5.91 Å². The number of urea groups is 1. The normalized spacial score (nSPS) is 24.7. The highest BCUT2D eigenvalue weighted by atomic mass is 32.3. The topological polar surface area (TPSA) is 164 Å². The number of hydroxylamine groups is 3. The lowest BCUT2D eigenvalue weighted by atomic mass is 9.85. The molecular formula is C16H26N4O9S. The minimum Gasteiger partial charge on any atom is -0.444 e. The predicted octanol–water partition coefficient (Wildman–Crippen LogP) is -0.0480. The van der Waals surface area contributed by atoms with Gasteiger partial charge in [-0.15, -0.1) is 4.28 Å². The van der Waals surface area contributed by atoms with Crippen LogP contribution in [0.5, 0.6) is 0 Å². The summed E-state index contributed by atoms with van der Waals surface area (Å²) in [5.41, 5.74) is 1.18. The van der Waals surface area contributed by atoms with Gasteiger partial charge < -0.3 is 15.0 Å². The van der Waals surface area contributed by atoms with Crippen LogP contribution >= 0.6 is 0 Å². The molecule has 0 aromatic heterocycles. The Labute approximate surface area is 173 Å². The molecule has 13 nitrogen and oxygen atoms in total. The van der Waals surface area contributed by atoms with Crippen molar-refractivity contribution in [1.29, 1.82) is 0 Å². The van der Waals surface area contributed by atoms with Crippen LogP contribution in [0.15, 0.2) is 0 Å². The summed E-state index contributed by atoms with van der Waals surface area (Å²) in [7, 11) is -4.87. The first-order valence-corrected chi connectivity index (χ1v) is 10.8. The number of carbonyl (C=O) groups is 3. The number of amides is 4. The summed E-state index contributed by atoms with van der Waals surface area (Å²) in [6.45, 7) is 5.35. The van der Waals surface area contributed by atoms with Gasteiger partial charge in [-0.3, -0.25) is 14.2 Å². The molecule has 3 fully saturated rings. The highest BCUT2D eigenvalue weighted by molar-refractivity contribution is 7.80. The van der Waals surface area contributed by atoms with Crippen LogP contribution in [0.4, 0.5) is 9.59 Å². The van der Waals surface area contributed by atoms with Crippen molar-refractivity contribution in [3.63, 3.8) is 0 Å². The van der Waals surface area contributed by atoms with E-state index in [4.69, 9.17) is 14.1 Å². The van der Waals surface area contributed by atoms with Crippen molar-refractivity contribution in [3.8, 4) is 0 Å². The van der Waals surface area contributed by atoms with Gasteiger partial charge >= 0.3 is 22.5 Å². The van der Waals surface area contributed by atoms with Crippen molar-refractivity contribution < 1.29 is 41.2 Å². The van der Waals surface area contributed by atoms with Crippen molar-refractivity contribution in [2.75, 3.05) is 19.7 Å². The van der Waals surface area contributed by atoms with Crippen LogP contribution in [0.1, 0.15) is 40.0 Å². The molecule has 0 aromatic carbocycles. The molecule has 3 rings (SSSR count). The number of nitrogens with one attached hydrogen (secondary N) is 2. The average molecular weight is 450 g/mol. The van der Waals surface area contributed by atoms with E-state index in [1.807, 2.05) is 0 Å². The standard InChI is InChI=1S/C16H26N4O9S/c1-15(2,3)28-13(22)17-6-7-27-18-12(21)10-8-16(4-5-16)11-9-19(10)14(23)20(11)29-30(24,25)26/h10-11H,4-9H2,1-3H3,(H,17,22)(H,18,21)(H,24,25,26)/t10-,11+/m0/s1. The van der Waals surface area contributed by atoms with Crippen LogP contribution < -0.4 is 10.8 Å². The first kappa shape index (κ1) is 22.5. The smallest absolute Gasteiger partial charge is 0.418 e. The molecule has 0 unspecified atom stereocenters. The molecule has 1 aliphatic carbocycles. The first-order valence-electron chi connectivity index (χ1n) is 9.47. The Hall–Kier alpha value is -2.16. The zero-order valence-corrected chi connectivity index (χ0v) is 17.7. The molecule has 0 aromatic rings. The molecule has 30 heavy (non-hydrogen) atoms. The van der Waals surface area contributed by atoms with E-state index in [-0.39, 0.29) is 19.7 Å². The summed E-state index contributed by atoms with van der Waals surface area (Å²) in [5.74, 6) is -0.570. The second kappa shape index (κ2) is 7.83. The Morgan fingerprint density at radius 2 is 1.97 bits per heavy atom. The Morgan fingerprint density at radius 3 is 2.53 bits per heavy atom. The molecule has 3 aliphatic rings. The number of alkyl carbamates (subject to hydrolysis) is 1. The number of carbonyl (C=O) groups excluding carboxylic acids is 3. The highest BCUT2D eigenvalue weighted by Gasteiger charge is 2.65. The molecule has 1 spiro atoms. The SMILES string of the molecule is CC(C)(C)OC(=O)NCCONC(=O)[C@@H]1CC2(CC2)[C@H]2CN1C(=O)N2OS(=O)(=O)O. The van der Waals surface area contributed by atoms with Gasteiger partial charge in [0, 0.05) is 13.1 Å². The summed E-state index contributed by atoms with van der Waals surface area (Å²) in [6.07, 6.45) is 1.11. The number of piperidine rings is 1. The average Bonchev–Trinajstić information content (AvgIpc) is 3.30. The fourth-order valence-corrected chi connectivity index (χ4v) is 4.13. The monoisotopic (exact) mass is 450 g/mol. The molecule has 4 amide bonds. The lowest BCUT2D eigenvalue weighted by Gasteiger charge is -2.35. The predicted molar refractivity (Wildman–Crippen MR) is 98.8 cm³/mol. The van der Waals surface area contributed by atoms with E-state index >= 15 is 0 Å². The van der Waals surface area contributed by atoms with Gasteiger partial charge in [0.2, 0.25) is 0 Å². The largest absolute Gasteiger partial charge is 0.444 e. The number of fused-ring (bicyclic) bond motifs is 3. The Balaban J connectivity index is 1.50. The third-order valence-corrected chi connectivity index (χ3v) is 5.53. The molecule has 3 N–H and O–H groups in total. The zero-order chi connectivity index (χ0) is 22.3. The number of nitrogens with zero attached hydrogens (tertiary/aromatic N) is 2. The zero-order valence-electron chi connectivity index (χ0n) is 16.9. The summed E-state index contributed by atoms with van der Waals surface area (Å²) >= 11 is 0. The maximum Gasteiger partial charge on any atom is 0.418 e. The van der Waals surface area contributed by atoms with Gasteiger partial charge in [-0.25, -0.2) is 15.1 Å². The van der Waals surface area contributed by atoms with Crippen LogP contribution in [-0.4, -0.2) is 78.3 Å². The molecule has 14 heteroatoms. The van der Waals surface area contributed by atoms with E-state index < -0.39 is 51.5 Å². The summed E-state index contributed by atoms with van der Waals surface area (Å²) in [6, 6.07) is -2.24. The van der Waals surface area contributed by atoms with Gasteiger partial charge in [-0.2, -0.15) is 13.5 Å². The molecule has 2 saturated heterocycles. The fraction of sp³-hybridized carbons (Fsp3) is 0.812. The van der Waals surface area contributed by atoms with Crippen LogP contribution in [0.2, 0.25) is 0 Å². The van der Waals surface area contributed by atoms with E-state index in [1.54, 1.807) is 20.8 Å². The second-order valence-corrected chi connectivity index (χ2v) is 9.61. The molecule has 0 radical (unpaired) electrons. The Kier molecular flexibility index (Phi) is 5.88. The minimum atomic E-state index is -4.87. The van der Waals surface area contributed by atoms with Gasteiger partial charge in [-0.05, 0) is 45.4 Å². The maximum absolute atomic E-state index is 12.6. The summed E-state index contributed by atoms with van der Waals surface area (Å²) < 4.78 is 40.6. The van der Waals surface area contributed by atoms with Crippen LogP contribution in [0.25, 0.3) is 0 Å². The molecule has 2 heterocycles. The first-order chi connectivity index (χ1) is 13.8. The summed E-state index contributed by atoms with van der Waals surface area (Å²) in [5, 5.41) is 3.11. The lowest BCUT2D eigenvalue weighted by molar-refractivity contribution is -0.139. The van der Waals surface area contributed by atoms with Gasteiger partial charge in [-0.1, -0.05) is 0 Å². The number of ether oxygens (including phenoxy) is 1. The number of hydrogen-bond donors (Lipinski definition) is 3. The summed E-state index contributed by atoms with van der Waals surface area (Å²) in [4.78, 5) is 42.9. The molecule has 2 bridgehead atoms. The molecule has 2 aliphatic heterocycles.